The molecule has 5 N–H and O–H groups in total. The average Bonchev–Trinajstić information content (AvgIpc) is 3.33. The van der Waals surface area contributed by atoms with Gasteiger partial charge in [-0.15, -0.1) is 0 Å². The third-order valence-corrected chi connectivity index (χ3v) is 9.99. The predicted molar refractivity (Wildman–Crippen MR) is 200 cm³/mol. The first-order valence-corrected chi connectivity index (χ1v) is 21.3. The fraction of sp³-hybridized carbons (Fsp3) is 0.846. The van der Waals surface area contributed by atoms with Crippen LogP contribution in [-0.2, 0) is 28.2 Å². The number of phosphoric ester groups is 1. The summed E-state index contributed by atoms with van der Waals surface area (Å²) < 4.78 is 26.3. The Morgan fingerprint density at radius 1 is 0.784 bits per heavy atom. The lowest BCUT2D eigenvalue weighted by Gasteiger charge is -2.19. The van der Waals surface area contributed by atoms with E-state index in [9.17, 15) is 29.5 Å². The number of rotatable bonds is 31. The Bertz CT molecular complexity index is 1010. The van der Waals surface area contributed by atoms with E-state index in [1.165, 1.54) is 57.8 Å². The number of allylic oxidation sites excluding steroid dienone is 1. The van der Waals surface area contributed by atoms with Gasteiger partial charge < -0.3 is 34.6 Å². The molecule has 1 aliphatic rings. The Hall–Kier alpha value is -1.59. The van der Waals surface area contributed by atoms with Crippen LogP contribution in [-0.4, -0.2) is 74.7 Å². The number of hydrogen-bond donors (Lipinski definition) is 5. The number of aliphatic hydroxyl groups is 3. The molecule has 12 heteroatoms. The van der Waals surface area contributed by atoms with E-state index in [-0.39, 0.29) is 31.1 Å². The molecule has 1 rings (SSSR count). The highest BCUT2D eigenvalue weighted by Gasteiger charge is 2.39. The predicted octanol–water partition coefficient (Wildman–Crippen LogP) is 7.86. The third-order valence-electron chi connectivity index (χ3n) is 9.50. The van der Waals surface area contributed by atoms with E-state index in [0.717, 1.165) is 44.4 Å². The first-order chi connectivity index (χ1) is 24.3. The summed E-state index contributed by atoms with van der Waals surface area (Å²) in [7, 11) is -4.83. The van der Waals surface area contributed by atoms with Crippen LogP contribution in [0.2, 0.25) is 0 Å². The summed E-state index contributed by atoms with van der Waals surface area (Å²) in [6.45, 7) is 5.61. The average molecular weight is 747 g/mol. The monoisotopic (exact) mass is 746 g/mol. The second-order valence-corrected chi connectivity index (χ2v) is 16.0. The summed E-state index contributed by atoms with van der Waals surface area (Å²) in [6.07, 6.45) is 23.2. The second kappa shape index (κ2) is 28.9. The van der Waals surface area contributed by atoms with Crippen LogP contribution in [0.5, 0.6) is 0 Å². The number of ether oxygens (including phenoxy) is 2. The molecule has 51 heavy (non-hydrogen) atoms. The Morgan fingerprint density at radius 3 is 1.96 bits per heavy atom. The van der Waals surface area contributed by atoms with Crippen molar-refractivity contribution >= 4 is 19.8 Å². The van der Waals surface area contributed by atoms with Crippen LogP contribution >= 0.6 is 7.82 Å². The molecule has 298 valence electrons. The van der Waals surface area contributed by atoms with Crippen LogP contribution in [0, 0.1) is 17.8 Å². The van der Waals surface area contributed by atoms with Crippen molar-refractivity contribution in [1.29, 1.82) is 0 Å². The number of carbonyl (C=O) groups is 2. The molecule has 0 spiro atoms. The van der Waals surface area contributed by atoms with Gasteiger partial charge in [-0.2, -0.15) is 0 Å². The number of esters is 2. The van der Waals surface area contributed by atoms with Crippen molar-refractivity contribution in [2.24, 2.45) is 17.8 Å². The summed E-state index contributed by atoms with van der Waals surface area (Å²) in [5, 5.41) is 31.1. The van der Waals surface area contributed by atoms with Crippen molar-refractivity contribution < 1.29 is 53.3 Å². The highest BCUT2D eigenvalue weighted by Crippen LogP contribution is 2.37. The molecule has 0 aliphatic heterocycles. The molecule has 11 nitrogen and oxygen atoms in total. The molecule has 1 saturated carbocycles. The minimum absolute atomic E-state index is 0.111. The molecule has 6 atom stereocenters. The van der Waals surface area contributed by atoms with E-state index in [2.05, 4.69) is 25.3 Å². The molecule has 1 aliphatic carbocycles. The highest BCUT2D eigenvalue weighted by molar-refractivity contribution is 7.46. The van der Waals surface area contributed by atoms with Crippen LogP contribution in [0.15, 0.2) is 24.3 Å². The highest BCUT2D eigenvalue weighted by atomic mass is 31.2. The topological polar surface area (TPSA) is 180 Å². The summed E-state index contributed by atoms with van der Waals surface area (Å²) in [4.78, 5) is 43.0. The summed E-state index contributed by atoms with van der Waals surface area (Å²) in [5.74, 6) is -0.983. The minimum Gasteiger partial charge on any atom is -0.461 e. The van der Waals surface area contributed by atoms with Crippen molar-refractivity contribution in [3.8, 4) is 0 Å². The lowest BCUT2D eigenvalue weighted by molar-refractivity contribution is -0.160. The Labute approximate surface area is 307 Å². The van der Waals surface area contributed by atoms with E-state index >= 15 is 0 Å². The Morgan fingerprint density at radius 2 is 1.37 bits per heavy atom. The first-order valence-electron chi connectivity index (χ1n) is 19.7. The Kier molecular flexibility index (Phi) is 26.8. The smallest absolute Gasteiger partial charge is 0.461 e. The standard InChI is InChI=1S/C39H71O11P/c1-4-5-16-22-32(40)26-27-35-34(36(41)28-37(35)42)23-19-20-24-38(43)48-29-33(30-49-51(45,46)47)50-39(44)25-18-15-13-11-9-7-6-8-10-12-14-17-21-31(2)3/h19-20,26-27,31-37,40-42H,4-18,21-25,28-30H2,1-3H3,(H2,45,46,47)/b20-19-,27-26+/t32-,33-,34+,35-,36+,37-/m1/s1. The van der Waals surface area contributed by atoms with Gasteiger partial charge in [-0.25, -0.2) is 4.57 Å². The zero-order chi connectivity index (χ0) is 37.9. The van der Waals surface area contributed by atoms with E-state index < -0.39 is 57.4 Å². The van der Waals surface area contributed by atoms with Gasteiger partial charge >= 0.3 is 19.8 Å². The lowest BCUT2D eigenvalue weighted by Crippen LogP contribution is -2.29. The van der Waals surface area contributed by atoms with Crippen molar-refractivity contribution in [3.05, 3.63) is 24.3 Å². The summed E-state index contributed by atoms with van der Waals surface area (Å²) in [5.41, 5.74) is 0. The van der Waals surface area contributed by atoms with Gasteiger partial charge in [-0.1, -0.05) is 141 Å². The molecule has 0 amide bonds. The van der Waals surface area contributed by atoms with Gasteiger partial charge in [0.1, 0.15) is 6.61 Å². The number of phosphoric acid groups is 1. The molecule has 0 radical (unpaired) electrons. The van der Waals surface area contributed by atoms with Crippen molar-refractivity contribution in [2.45, 2.75) is 180 Å². The Balaban J connectivity index is 2.35. The van der Waals surface area contributed by atoms with Crippen LogP contribution in [0.25, 0.3) is 0 Å². The van der Waals surface area contributed by atoms with Crippen LogP contribution in [0.1, 0.15) is 156 Å². The molecule has 0 aromatic carbocycles. The number of unbranched alkanes of at least 4 members (excludes halogenated alkanes) is 13. The third kappa shape index (κ3) is 25.9. The van der Waals surface area contributed by atoms with Gasteiger partial charge in [0.15, 0.2) is 6.10 Å². The van der Waals surface area contributed by atoms with E-state index in [1.54, 1.807) is 24.3 Å². The maximum absolute atomic E-state index is 12.4. The van der Waals surface area contributed by atoms with E-state index in [1.807, 2.05) is 0 Å². The molecular formula is C39H71O11P. The van der Waals surface area contributed by atoms with Gasteiger partial charge in [0.2, 0.25) is 0 Å². The first kappa shape index (κ1) is 47.4. The lowest BCUT2D eigenvalue weighted by atomic mass is 9.89. The SMILES string of the molecule is CCCCC[C@@H](O)/C=C/[C@@H]1[C@H](C/C=C\CC(=O)OC[C@H](COP(=O)(O)O)OC(=O)CCCCCCCCCCCCCCC(C)C)[C@@H](O)C[C@H]1O. The zero-order valence-corrected chi connectivity index (χ0v) is 32.6. The number of hydrogen-bond acceptors (Lipinski definition) is 9. The maximum Gasteiger partial charge on any atom is 0.469 e. The quantitative estimate of drug-likeness (QED) is 0.0202. The molecule has 0 aromatic heterocycles. The van der Waals surface area contributed by atoms with Gasteiger partial charge in [0.25, 0.3) is 0 Å². The van der Waals surface area contributed by atoms with Crippen molar-refractivity contribution in [1.82, 2.24) is 0 Å². The zero-order valence-electron chi connectivity index (χ0n) is 31.7. The van der Waals surface area contributed by atoms with Gasteiger partial charge in [0.05, 0.1) is 31.3 Å². The second-order valence-electron chi connectivity index (χ2n) is 14.7. The molecule has 0 heterocycles. The van der Waals surface area contributed by atoms with Crippen LogP contribution in [0.3, 0.4) is 0 Å². The van der Waals surface area contributed by atoms with E-state index in [0.29, 0.717) is 19.3 Å². The maximum atomic E-state index is 12.4. The molecule has 0 unspecified atom stereocenters. The largest absolute Gasteiger partial charge is 0.469 e. The number of carbonyl (C=O) groups excluding carboxylic acids is 2. The van der Waals surface area contributed by atoms with Crippen LogP contribution in [0.4, 0.5) is 0 Å². The van der Waals surface area contributed by atoms with Crippen LogP contribution < -0.4 is 0 Å². The fourth-order valence-electron chi connectivity index (χ4n) is 6.47. The molecule has 0 bridgehead atoms. The normalized spacial score (nSPS) is 20.8. The van der Waals surface area contributed by atoms with Gasteiger partial charge in [-0.05, 0) is 31.1 Å². The molecule has 1 fully saturated rings. The van der Waals surface area contributed by atoms with E-state index in [4.69, 9.17) is 19.3 Å². The minimum atomic E-state index is -4.83. The molecule has 0 aromatic rings. The van der Waals surface area contributed by atoms with Crippen molar-refractivity contribution in [2.75, 3.05) is 13.2 Å². The fourth-order valence-corrected chi connectivity index (χ4v) is 6.83. The van der Waals surface area contributed by atoms with Gasteiger partial charge in [0, 0.05) is 18.8 Å². The number of aliphatic hydroxyl groups excluding tert-OH is 3. The van der Waals surface area contributed by atoms with Gasteiger partial charge in [-0.3, -0.25) is 14.1 Å². The summed E-state index contributed by atoms with van der Waals surface area (Å²) in [6, 6.07) is 0. The van der Waals surface area contributed by atoms with Crippen molar-refractivity contribution in [3.63, 3.8) is 0 Å². The molecule has 0 saturated heterocycles. The molecular weight excluding hydrogens is 675 g/mol. The summed E-state index contributed by atoms with van der Waals surface area (Å²) >= 11 is 0.